The fourth-order valence-corrected chi connectivity index (χ4v) is 1.32. The minimum atomic E-state index is -0.403. The molecule has 0 aliphatic rings. The van der Waals surface area contributed by atoms with E-state index in [9.17, 15) is 10.1 Å². The van der Waals surface area contributed by atoms with Gasteiger partial charge in [-0.3, -0.25) is 10.1 Å². The molecule has 5 heteroatoms. The van der Waals surface area contributed by atoms with Gasteiger partial charge >= 0.3 is 0 Å². The number of nitrogens with one attached hydrogen (secondary N) is 1. The molecule has 1 aromatic rings. The number of aliphatic hydroxyl groups is 1. The third kappa shape index (κ3) is 4.37. The topological polar surface area (TPSA) is 75.4 Å². The highest BCUT2D eigenvalue weighted by atomic mass is 16.6. The Kier molecular flexibility index (Phi) is 4.88. The Balaban J connectivity index is 2.42. The van der Waals surface area contributed by atoms with Gasteiger partial charge in [0.25, 0.3) is 5.69 Å². The lowest BCUT2D eigenvalue weighted by atomic mass is 10.2. The molecule has 1 unspecified atom stereocenters. The summed E-state index contributed by atoms with van der Waals surface area (Å²) in [5, 5.41) is 22.7. The molecule has 0 spiro atoms. The second-order valence-corrected chi connectivity index (χ2v) is 3.74. The summed E-state index contributed by atoms with van der Waals surface area (Å²) < 4.78 is 0. The van der Waals surface area contributed by atoms with Crippen LogP contribution in [0, 0.1) is 10.1 Å². The lowest BCUT2D eigenvalue weighted by Gasteiger charge is -2.06. The summed E-state index contributed by atoms with van der Waals surface area (Å²) >= 11 is 0. The lowest BCUT2D eigenvalue weighted by Crippen LogP contribution is -2.18. The lowest BCUT2D eigenvalue weighted by molar-refractivity contribution is -0.384. The smallest absolute Gasteiger partial charge is 0.269 e. The standard InChI is InChI=1S/C11H16N2O3/c1-9(14)5-6-12-8-10-3-2-4-11(7-10)13(15)16/h2-4,7,9,12,14H,5-6,8H2,1H3. The van der Waals surface area contributed by atoms with E-state index in [0.717, 1.165) is 5.56 Å². The number of hydrogen-bond donors (Lipinski definition) is 2. The van der Waals surface area contributed by atoms with Gasteiger partial charge in [-0.2, -0.15) is 0 Å². The Labute approximate surface area is 94.3 Å². The monoisotopic (exact) mass is 224 g/mol. The molecular formula is C11H16N2O3. The molecule has 0 fully saturated rings. The largest absolute Gasteiger partial charge is 0.393 e. The summed E-state index contributed by atoms with van der Waals surface area (Å²) in [6, 6.07) is 6.53. The zero-order valence-electron chi connectivity index (χ0n) is 9.22. The summed E-state index contributed by atoms with van der Waals surface area (Å²) in [5.74, 6) is 0. The Morgan fingerprint density at radius 3 is 2.94 bits per heavy atom. The SMILES string of the molecule is CC(O)CCNCc1cccc([N+](=O)[O-])c1. The van der Waals surface area contributed by atoms with Crippen LogP contribution in [0.15, 0.2) is 24.3 Å². The van der Waals surface area contributed by atoms with Crippen LogP contribution in [-0.4, -0.2) is 22.7 Å². The quantitative estimate of drug-likeness (QED) is 0.435. The fourth-order valence-electron chi connectivity index (χ4n) is 1.32. The van der Waals surface area contributed by atoms with E-state index in [1.165, 1.54) is 6.07 Å². The van der Waals surface area contributed by atoms with Crippen LogP contribution in [0.1, 0.15) is 18.9 Å². The number of hydrogen-bond acceptors (Lipinski definition) is 4. The van der Waals surface area contributed by atoms with Crippen LogP contribution in [-0.2, 0) is 6.54 Å². The zero-order chi connectivity index (χ0) is 12.0. The van der Waals surface area contributed by atoms with Gasteiger partial charge in [0.15, 0.2) is 0 Å². The van der Waals surface area contributed by atoms with E-state index in [-0.39, 0.29) is 11.8 Å². The first kappa shape index (κ1) is 12.6. The van der Waals surface area contributed by atoms with Crippen molar-refractivity contribution in [3.63, 3.8) is 0 Å². The molecule has 88 valence electrons. The van der Waals surface area contributed by atoms with Crippen LogP contribution >= 0.6 is 0 Å². The molecular weight excluding hydrogens is 208 g/mol. The van der Waals surface area contributed by atoms with Crippen molar-refractivity contribution in [2.24, 2.45) is 0 Å². The summed E-state index contributed by atoms with van der Waals surface area (Å²) in [4.78, 5) is 10.1. The van der Waals surface area contributed by atoms with Gasteiger partial charge in [-0.15, -0.1) is 0 Å². The molecule has 0 saturated carbocycles. The highest BCUT2D eigenvalue weighted by Crippen LogP contribution is 2.12. The van der Waals surface area contributed by atoms with E-state index in [0.29, 0.717) is 19.5 Å². The van der Waals surface area contributed by atoms with E-state index in [2.05, 4.69) is 5.32 Å². The molecule has 2 N–H and O–H groups in total. The van der Waals surface area contributed by atoms with Crippen LogP contribution in [0.2, 0.25) is 0 Å². The number of nitrogens with zero attached hydrogens (tertiary/aromatic N) is 1. The molecule has 0 aliphatic carbocycles. The molecule has 1 rings (SSSR count). The van der Waals surface area contributed by atoms with Crippen LogP contribution in [0.5, 0.6) is 0 Å². The number of benzene rings is 1. The second-order valence-electron chi connectivity index (χ2n) is 3.74. The number of non-ortho nitro benzene ring substituents is 1. The minimum absolute atomic E-state index is 0.106. The van der Waals surface area contributed by atoms with Crippen LogP contribution in [0.4, 0.5) is 5.69 Å². The molecule has 0 saturated heterocycles. The highest BCUT2D eigenvalue weighted by molar-refractivity contribution is 5.34. The molecule has 0 heterocycles. The van der Waals surface area contributed by atoms with Crippen molar-refractivity contribution in [2.75, 3.05) is 6.54 Å². The maximum absolute atomic E-state index is 10.5. The van der Waals surface area contributed by atoms with Crippen molar-refractivity contribution in [3.05, 3.63) is 39.9 Å². The van der Waals surface area contributed by atoms with Crippen molar-refractivity contribution < 1.29 is 10.0 Å². The van der Waals surface area contributed by atoms with Gasteiger partial charge in [0.05, 0.1) is 11.0 Å². The first-order valence-electron chi connectivity index (χ1n) is 5.21. The number of nitro groups is 1. The van der Waals surface area contributed by atoms with Crippen LogP contribution in [0.25, 0.3) is 0 Å². The van der Waals surface area contributed by atoms with Crippen molar-refractivity contribution in [2.45, 2.75) is 26.0 Å². The molecule has 0 radical (unpaired) electrons. The number of aliphatic hydroxyl groups excluding tert-OH is 1. The van der Waals surface area contributed by atoms with Crippen molar-refractivity contribution in [3.8, 4) is 0 Å². The first-order chi connectivity index (χ1) is 7.59. The Morgan fingerprint density at radius 1 is 1.56 bits per heavy atom. The minimum Gasteiger partial charge on any atom is -0.393 e. The molecule has 5 nitrogen and oxygen atoms in total. The van der Waals surface area contributed by atoms with Crippen LogP contribution < -0.4 is 5.32 Å². The van der Waals surface area contributed by atoms with Gasteiger partial charge in [0.2, 0.25) is 0 Å². The molecule has 0 aromatic heterocycles. The highest BCUT2D eigenvalue weighted by Gasteiger charge is 2.04. The predicted octanol–water partition coefficient (Wildman–Crippen LogP) is 1.46. The summed E-state index contributed by atoms with van der Waals surface area (Å²) in [6.45, 7) is 3.00. The zero-order valence-corrected chi connectivity index (χ0v) is 9.22. The van der Waals surface area contributed by atoms with E-state index < -0.39 is 4.92 Å². The van der Waals surface area contributed by atoms with Gasteiger partial charge in [0, 0.05) is 18.7 Å². The molecule has 0 aliphatic heterocycles. The predicted molar refractivity (Wildman–Crippen MR) is 61.1 cm³/mol. The van der Waals surface area contributed by atoms with Crippen molar-refractivity contribution in [1.29, 1.82) is 0 Å². The molecule has 1 atom stereocenters. The summed E-state index contributed by atoms with van der Waals surface area (Å²) in [7, 11) is 0. The molecule has 0 amide bonds. The van der Waals surface area contributed by atoms with E-state index >= 15 is 0 Å². The van der Waals surface area contributed by atoms with Gasteiger partial charge in [-0.1, -0.05) is 12.1 Å². The summed E-state index contributed by atoms with van der Waals surface area (Å²) in [6.07, 6.45) is 0.354. The summed E-state index contributed by atoms with van der Waals surface area (Å²) in [5.41, 5.74) is 0.981. The molecule has 0 bridgehead atoms. The maximum Gasteiger partial charge on any atom is 0.269 e. The van der Waals surface area contributed by atoms with Gasteiger partial charge < -0.3 is 10.4 Å². The Morgan fingerprint density at radius 2 is 2.31 bits per heavy atom. The average Bonchev–Trinajstić information content (AvgIpc) is 2.24. The average molecular weight is 224 g/mol. The van der Waals surface area contributed by atoms with Gasteiger partial charge in [-0.05, 0) is 25.5 Å². The Bertz CT molecular complexity index is 353. The second kappa shape index (κ2) is 6.19. The molecule has 16 heavy (non-hydrogen) atoms. The molecule has 1 aromatic carbocycles. The van der Waals surface area contributed by atoms with Gasteiger partial charge in [0.1, 0.15) is 0 Å². The van der Waals surface area contributed by atoms with Crippen LogP contribution in [0.3, 0.4) is 0 Å². The third-order valence-electron chi connectivity index (χ3n) is 2.19. The van der Waals surface area contributed by atoms with E-state index in [1.807, 2.05) is 6.07 Å². The van der Waals surface area contributed by atoms with Crippen molar-refractivity contribution in [1.82, 2.24) is 5.32 Å². The van der Waals surface area contributed by atoms with E-state index in [4.69, 9.17) is 5.11 Å². The number of nitro benzene ring substituents is 1. The van der Waals surface area contributed by atoms with Crippen molar-refractivity contribution >= 4 is 5.69 Å². The van der Waals surface area contributed by atoms with E-state index in [1.54, 1.807) is 19.1 Å². The number of rotatable bonds is 6. The first-order valence-corrected chi connectivity index (χ1v) is 5.21. The van der Waals surface area contributed by atoms with Gasteiger partial charge in [-0.25, -0.2) is 0 Å². The fraction of sp³-hybridized carbons (Fsp3) is 0.455. The maximum atomic E-state index is 10.5. The Hall–Kier alpha value is -1.46. The third-order valence-corrected chi connectivity index (χ3v) is 2.19. The normalized spacial score (nSPS) is 12.4.